The summed E-state index contributed by atoms with van der Waals surface area (Å²) in [5.74, 6) is 0. The van der Waals surface area contributed by atoms with Gasteiger partial charge in [-0.2, -0.15) is 0 Å². The van der Waals surface area contributed by atoms with E-state index in [0.717, 1.165) is 19.6 Å². The van der Waals surface area contributed by atoms with E-state index in [1.807, 2.05) is 23.1 Å². The molecule has 0 bridgehead atoms. The van der Waals surface area contributed by atoms with E-state index in [-0.39, 0.29) is 12.1 Å². The van der Waals surface area contributed by atoms with Crippen LogP contribution >= 0.6 is 0 Å². The minimum absolute atomic E-state index is 0.00644. The molecule has 0 saturated carbocycles. The molecule has 1 N–H and O–H groups in total. The van der Waals surface area contributed by atoms with Crippen molar-refractivity contribution in [1.82, 2.24) is 15.1 Å². The molecule has 1 unspecified atom stereocenters. The molecule has 1 aromatic carbocycles. The third-order valence-electron chi connectivity index (χ3n) is 3.24. The molecule has 1 heterocycles. The number of hydrogen-bond acceptors (Lipinski definition) is 2. The van der Waals surface area contributed by atoms with Gasteiger partial charge in [0.05, 0.1) is 6.04 Å². The smallest absolute Gasteiger partial charge is 0.317 e. The quantitative estimate of drug-likeness (QED) is 0.794. The van der Waals surface area contributed by atoms with Crippen molar-refractivity contribution in [2.45, 2.75) is 6.04 Å². The zero-order valence-electron chi connectivity index (χ0n) is 10.4. The first-order valence-corrected chi connectivity index (χ1v) is 5.94. The second kappa shape index (κ2) is 5.19. The van der Waals surface area contributed by atoms with E-state index in [9.17, 15) is 4.79 Å². The third kappa shape index (κ3) is 2.58. The van der Waals surface area contributed by atoms with Crippen molar-refractivity contribution in [2.75, 3.05) is 33.7 Å². The zero-order chi connectivity index (χ0) is 12.3. The monoisotopic (exact) mass is 233 g/mol. The number of piperazine rings is 1. The Balaban J connectivity index is 2.23. The Kier molecular flexibility index (Phi) is 3.64. The van der Waals surface area contributed by atoms with Gasteiger partial charge in [0.1, 0.15) is 0 Å². The maximum absolute atomic E-state index is 11.9. The van der Waals surface area contributed by atoms with Crippen LogP contribution in [0.15, 0.2) is 30.3 Å². The van der Waals surface area contributed by atoms with Crippen LogP contribution in [0.3, 0.4) is 0 Å². The van der Waals surface area contributed by atoms with Crippen LogP contribution < -0.4 is 5.32 Å². The van der Waals surface area contributed by atoms with Gasteiger partial charge in [0.25, 0.3) is 0 Å². The van der Waals surface area contributed by atoms with Gasteiger partial charge >= 0.3 is 6.03 Å². The van der Waals surface area contributed by atoms with Crippen molar-refractivity contribution in [3.8, 4) is 0 Å². The van der Waals surface area contributed by atoms with Gasteiger partial charge in [-0.25, -0.2) is 4.79 Å². The summed E-state index contributed by atoms with van der Waals surface area (Å²) in [5.41, 5.74) is 1.20. The third-order valence-corrected chi connectivity index (χ3v) is 3.24. The molecule has 92 valence electrons. The molecule has 1 aliphatic rings. The molecule has 1 aliphatic heterocycles. The number of likely N-dealkylation sites (N-methyl/N-ethyl adjacent to an activating group) is 1. The van der Waals surface area contributed by atoms with Crippen LogP contribution in [0, 0.1) is 0 Å². The largest absolute Gasteiger partial charge is 0.341 e. The Morgan fingerprint density at radius 2 is 2.00 bits per heavy atom. The maximum Gasteiger partial charge on any atom is 0.317 e. The summed E-state index contributed by atoms with van der Waals surface area (Å²) in [5, 5.41) is 2.72. The fraction of sp³-hybridized carbons (Fsp3) is 0.462. The van der Waals surface area contributed by atoms with Gasteiger partial charge in [0.2, 0.25) is 0 Å². The van der Waals surface area contributed by atoms with Gasteiger partial charge < -0.3 is 15.1 Å². The van der Waals surface area contributed by atoms with Crippen LogP contribution in [0.1, 0.15) is 11.6 Å². The highest BCUT2D eigenvalue weighted by molar-refractivity contribution is 5.74. The van der Waals surface area contributed by atoms with Crippen LogP contribution in [0.5, 0.6) is 0 Å². The summed E-state index contributed by atoms with van der Waals surface area (Å²) in [6.45, 7) is 2.59. The number of amides is 2. The predicted octanol–water partition coefficient (Wildman–Crippen LogP) is 1.31. The average Bonchev–Trinajstić information content (AvgIpc) is 2.39. The molecule has 1 aromatic rings. The van der Waals surface area contributed by atoms with Crippen molar-refractivity contribution in [2.24, 2.45) is 0 Å². The number of nitrogens with one attached hydrogen (secondary N) is 1. The molecule has 1 saturated heterocycles. The predicted molar refractivity (Wildman–Crippen MR) is 67.8 cm³/mol. The SMILES string of the molecule is CNC(=O)N1CCN(C)CC1c1ccccc1. The Morgan fingerprint density at radius 3 is 2.65 bits per heavy atom. The summed E-state index contributed by atoms with van der Waals surface area (Å²) in [7, 11) is 3.78. The van der Waals surface area contributed by atoms with E-state index >= 15 is 0 Å². The number of hydrogen-bond donors (Lipinski definition) is 1. The minimum Gasteiger partial charge on any atom is -0.341 e. The molecule has 0 radical (unpaired) electrons. The van der Waals surface area contributed by atoms with Crippen molar-refractivity contribution >= 4 is 6.03 Å². The van der Waals surface area contributed by atoms with E-state index < -0.39 is 0 Å². The highest BCUT2D eigenvalue weighted by Gasteiger charge is 2.29. The van der Waals surface area contributed by atoms with E-state index in [4.69, 9.17) is 0 Å². The van der Waals surface area contributed by atoms with E-state index in [1.165, 1.54) is 5.56 Å². The summed E-state index contributed by atoms with van der Waals surface area (Å²) in [4.78, 5) is 16.0. The lowest BCUT2D eigenvalue weighted by atomic mass is 10.0. The van der Waals surface area contributed by atoms with E-state index in [1.54, 1.807) is 7.05 Å². The lowest BCUT2D eigenvalue weighted by Gasteiger charge is -2.40. The van der Waals surface area contributed by atoms with Crippen LogP contribution in [-0.4, -0.2) is 49.6 Å². The Morgan fingerprint density at radius 1 is 1.29 bits per heavy atom. The molecule has 2 amide bonds. The second-order valence-corrected chi connectivity index (χ2v) is 4.44. The first kappa shape index (κ1) is 11.9. The van der Waals surface area contributed by atoms with Crippen molar-refractivity contribution in [1.29, 1.82) is 0 Å². The van der Waals surface area contributed by atoms with Gasteiger partial charge in [0.15, 0.2) is 0 Å². The molecule has 0 aliphatic carbocycles. The Bertz CT molecular complexity index is 380. The van der Waals surface area contributed by atoms with Gasteiger partial charge in [0, 0.05) is 26.7 Å². The van der Waals surface area contributed by atoms with Crippen LogP contribution in [0.25, 0.3) is 0 Å². The fourth-order valence-corrected chi connectivity index (χ4v) is 2.27. The van der Waals surface area contributed by atoms with Gasteiger partial charge in [-0.15, -0.1) is 0 Å². The number of carbonyl (C=O) groups is 1. The van der Waals surface area contributed by atoms with Crippen LogP contribution in [-0.2, 0) is 0 Å². The van der Waals surface area contributed by atoms with Crippen molar-refractivity contribution < 1.29 is 4.79 Å². The van der Waals surface area contributed by atoms with Gasteiger partial charge in [-0.3, -0.25) is 0 Å². The highest BCUT2D eigenvalue weighted by Crippen LogP contribution is 2.24. The van der Waals surface area contributed by atoms with E-state index in [0.29, 0.717) is 0 Å². The molecule has 4 heteroatoms. The van der Waals surface area contributed by atoms with Gasteiger partial charge in [-0.1, -0.05) is 30.3 Å². The molecular weight excluding hydrogens is 214 g/mol. The topological polar surface area (TPSA) is 35.6 Å². The molecule has 0 spiro atoms. The van der Waals surface area contributed by atoms with Crippen LogP contribution in [0.4, 0.5) is 4.79 Å². The normalized spacial score (nSPS) is 21.3. The molecule has 1 atom stereocenters. The molecule has 0 aromatic heterocycles. The number of urea groups is 1. The summed E-state index contributed by atoms with van der Waals surface area (Å²) < 4.78 is 0. The first-order chi connectivity index (χ1) is 8.22. The second-order valence-electron chi connectivity index (χ2n) is 4.44. The highest BCUT2D eigenvalue weighted by atomic mass is 16.2. The molecular formula is C13H19N3O. The van der Waals surface area contributed by atoms with Crippen molar-refractivity contribution in [3.63, 3.8) is 0 Å². The average molecular weight is 233 g/mol. The summed E-state index contributed by atoms with van der Waals surface area (Å²) in [6.07, 6.45) is 0. The molecule has 17 heavy (non-hydrogen) atoms. The zero-order valence-corrected chi connectivity index (χ0v) is 10.4. The lowest BCUT2D eigenvalue weighted by Crippen LogP contribution is -2.51. The standard InChI is InChI=1S/C13H19N3O/c1-14-13(17)16-9-8-15(2)10-12(16)11-6-4-3-5-7-11/h3-7,12H,8-10H2,1-2H3,(H,14,17). The summed E-state index contributed by atoms with van der Waals surface area (Å²) in [6, 6.07) is 10.4. The number of nitrogens with zero attached hydrogens (tertiary/aromatic N) is 2. The Labute approximate surface area is 102 Å². The van der Waals surface area contributed by atoms with Crippen molar-refractivity contribution in [3.05, 3.63) is 35.9 Å². The minimum atomic E-state index is 0.00644. The molecule has 2 rings (SSSR count). The molecule has 4 nitrogen and oxygen atoms in total. The fourth-order valence-electron chi connectivity index (χ4n) is 2.27. The van der Waals surface area contributed by atoms with Gasteiger partial charge in [-0.05, 0) is 12.6 Å². The molecule has 1 fully saturated rings. The maximum atomic E-state index is 11.9. The lowest BCUT2D eigenvalue weighted by molar-refractivity contribution is 0.110. The van der Waals surface area contributed by atoms with Crippen LogP contribution in [0.2, 0.25) is 0 Å². The summed E-state index contributed by atoms with van der Waals surface area (Å²) >= 11 is 0. The number of carbonyl (C=O) groups excluding carboxylic acids is 1. The number of benzene rings is 1. The first-order valence-electron chi connectivity index (χ1n) is 5.94. The van der Waals surface area contributed by atoms with E-state index in [2.05, 4.69) is 29.4 Å². The number of rotatable bonds is 1. The Hall–Kier alpha value is -1.55.